The molecule has 4 nitrogen and oxygen atoms in total. The quantitative estimate of drug-likeness (QED) is 0.773. The Balaban J connectivity index is 2.87. The van der Waals surface area contributed by atoms with Crippen LogP contribution in [0.4, 0.5) is 13.2 Å². The molecule has 0 aliphatic rings. The van der Waals surface area contributed by atoms with Gasteiger partial charge in [-0.05, 0) is 12.1 Å². The zero-order valence-corrected chi connectivity index (χ0v) is 9.01. The molecule has 0 saturated heterocycles. The fraction of sp³-hybridized carbons (Fsp3) is 0.182. The lowest BCUT2D eigenvalue weighted by atomic mass is 10.0. The molecule has 2 aromatic rings. The molecule has 0 radical (unpaired) electrons. The summed E-state index contributed by atoms with van der Waals surface area (Å²) in [4.78, 5) is 13.2. The van der Waals surface area contributed by atoms with Crippen LogP contribution in [-0.4, -0.2) is 16.1 Å². The van der Waals surface area contributed by atoms with E-state index in [0.29, 0.717) is 0 Å². The first-order valence-electron chi connectivity index (χ1n) is 5.00. The zero-order chi connectivity index (χ0) is 13.5. The van der Waals surface area contributed by atoms with Crippen LogP contribution in [0.3, 0.4) is 0 Å². The highest BCUT2D eigenvalue weighted by molar-refractivity contribution is 6.04. The van der Waals surface area contributed by atoms with E-state index < -0.39 is 17.8 Å². The van der Waals surface area contributed by atoms with Crippen LogP contribution in [0.25, 0.3) is 10.9 Å². The molecule has 96 valence electrons. The number of carbonyl (C=O) groups is 1. The lowest BCUT2D eigenvalue weighted by Crippen LogP contribution is -2.11. The SMILES string of the molecule is NCc1c(C(F)(F)F)[nH]c2cccc(C(=O)O)c12. The van der Waals surface area contributed by atoms with E-state index >= 15 is 0 Å². The average molecular weight is 258 g/mol. The van der Waals surface area contributed by atoms with Crippen molar-refractivity contribution in [2.45, 2.75) is 12.7 Å². The van der Waals surface area contributed by atoms with Gasteiger partial charge in [-0.2, -0.15) is 13.2 Å². The highest BCUT2D eigenvalue weighted by Crippen LogP contribution is 2.36. The predicted octanol–water partition coefficient (Wildman–Crippen LogP) is 2.34. The van der Waals surface area contributed by atoms with Crippen molar-refractivity contribution in [1.82, 2.24) is 4.98 Å². The van der Waals surface area contributed by atoms with E-state index in [9.17, 15) is 18.0 Å². The van der Waals surface area contributed by atoms with Gasteiger partial charge in [-0.15, -0.1) is 0 Å². The Labute approximate surface area is 99.2 Å². The first-order chi connectivity index (χ1) is 8.36. The molecule has 0 aliphatic carbocycles. The minimum Gasteiger partial charge on any atom is -0.478 e. The second-order valence-corrected chi connectivity index (χ2v) is 3.71. The largest absolute Gasteiger partial charge is 0.478 e. The maximum atomic E-state index is 12.8. The standard InChI is InChI=1S/C11H9F3N2O2/c12-11(13,14)9-6(4-15)8-5(10(17)18)2-1-3-7(8)16-9/h1-3,16H,4,15H2,(H,17,18). The Morgan fingerprint density at radius 2 is 2.06 bits per heavy atom. The fourth-order valence-corrected chi connectivity index (χ4v) is 1.94. The van der Waals surface area contributed by atoms with Crippen LogP contribution in [0, 0.1) is 0 Å². The molecule has 0 atom stereocenters. The first kappa shape index (κ1) is 12.4. The summed E-state index contributed by atoms with van der Waals surface area (Å²) in [5.41, 5.74) is 4.01. The van der Waals surface area contributed by atoms with Gasteiger partial charge in [0.2, 0.25) is 0 Å². The maximum absolute atomic E-state index is 12.8. The molecular weight excluding hydrogens is 249 g/mol. The number of carboxylic acids is 1. The number of hydrogen-bond donors (Lipinski definition) is 3. The molecule has 0 saturated carbocycles. The van der Waals surface area contributed by atoms with Gasteiger partial charge in [0.25, 0.3) is 0 Å². The van der Waals surface area contributed by atoms with Crippen molar-refractivity contribution in [1.29, 1.82) is 0 Å². The highest BCUT2D eigenvalue weighted by Gasteiger charge is 2.36. The second kappa shape index (κ2) is 4.02. The first-order valence-corrected chi connectivity index (χ1v) is 5.00. The van der Waals surface area contributed by atoms with E-state index in [0.717, 1.165) is 0 Å². The summed E-state index contributed by atoms with van der Waals surface area (Å²) >= 11 is 0. The number of rotatable bonds is 2. The summed E-state index contributed by atoms with van der Waals surface area (Å²) in [6, 6.07) is 4.01. The third-order valence-electron chi connectivity index (χ3n) is 2.65. The van der Waals surface area contributed by atoms with Crippen molar-refractivity contribution in [2.24, 2.45) is 5.73 Å². The van der Waals surface area contributed by atoms with Crippen molar-refractivity contribution in [3.8, 4) is 0 Å². The number of nitrogens with two attached hydrogens (primary N) is 1. The highest BCUT2D eigenvalue weighted by atomic mass is 19.4. The molecule has 0 unspecified atom stereocenters. The fourth-order valence-electron chi connectivity index (χ4n) is 1.94. The monoisotopic (exact) mass is 258 g/mol. The summed E-state index contributed by atoms with van der Waals surface area (Å²) in [7, 11) is 0. The lowest BCUT2D eigenvalue weighted by Gasteiger charge is -2.06. The lowest BCUT2D eigenvalue weighted by molar-refractivity contribution is -0.141. The molecule has 0 bridgehead atoms. The number of fused-ring (bicyclic) bond motifs is 1. The Morgan fingerprint density at radius 3 is 2.56 bits per heavy atom. The van der Waals surface area contributed by atoms with Gasteiger partial charge in [-0.25, -0.2) is 4.79 Å². The summed E-state index contributed by atoms with van der Waals surface area (Å²) in [6.07, 6.45) is -4.59. The second-order valence-electron chi connectivity index (χ2n) is 3.71. The average Bonchev–Trinajstić information content (AvgIpc) is 2.66. The molecule has 1 aromatic carbocycles. The van der Waals surface area contributed by atoms with Gasteiger partial charge in [-0.3, -0.25) is 0 Å². The van der Waals surface area contributed by atoms with E-state index in [4.69, 9.17) is 10.8 Å². The minimum absolute atomic E-state index is 0.0137. The molecule has 18 heavy (non-hydrogen) atoms. The molecule has 1 heterocycles. The molecule has 0 amide bonds. The van der Waals surface area contributed by atoms with Gasteiger partial charge in [0, 0.05) is 23.0 Å². The Hall–Kier alpha value is -2.02. The molecule has 0 fully saturated rings. The third-order valence-corrected chi connectivity index (χ3v) is 2.65. The van der Waals surface area contributed by atoms with E-state index in [1.54, 1.807) is 0 Å². The molecule has 1 aromatic heterocycles. The van der Waals surface area contributed by atoms with Crippen LogP contribution in [0.5, 0.6) is 0 Å². The van der Waals surface area contributed by atoms with E-state index in [2.05, 4.69) is 4.98 Å². The van der Waals surface area contributed by atoms with Crippen molar-refractivity contribution >= 4 is 16.9 Å². The molecule has 0 spiro atoms. The normalized spacial score (nSPS) is 12.0. The van der Waals surface area contributed by atoms with Gasteiger partial charge in [0.05, 0.1) is 5.56 Å². The number of halogens is 3. The van der Waals surface area contributed by atoms with E-state index in [-0.39, 0.29) is 28.6 Å². The third kappa shape index (κ3) is 1.82. The van der Waals surface area contributed by atoms with Crippen LogP contribution >= 0.6 is 0 Å². The van der Waals surface area contributed by atoms with Gasteiger partial charge in [0.15, 0.2) is 0 Å². The molecule has 2 rings (SSSR count). The zero-order valence-electron chi connectivity index (χ0n) is 9.01. The molecule has 4 N–H and O–H groups in total. The number of hydrogen-bond acceptors (Lipinski definition) is 2. The Bertz CT molecular complexity index is 617. The van der Waals surface area contributed by atoms with Crippen molar-refractivity contribution < 1.29 is 23.1 Å². The number of aromatic amines is 1. The van der Waals surface area contributed by atoms with Gasteiger partial charge in [-0.1, -0.05) is 6.07 Å². The molecular formula is C11H9F3N2O2. The maximum Gasteiger partial charge on any atom is 0.431 e. The van der Waals surface area contributed by atoms with Crippen LogP contribution in [0.15, 0.2) is 18.2 Å². The topological polar surface area (TPSA) is 79.1 Å². The Kier molecular flexibility index (Phi) is 2.78. The minimum atomic E-state index is -4.59. The van der Waals surface area contributed by atoms with Gasteiger partial charge in [0.1, 0.15) is 5.69 Å². The number of aromatic carboxylic acids is 1. The summed E-state index contributed by atoms with van der Waals surface area (Å²) in [5.74, 6) is -1.29. The number of benzene rings is 1. The Morgan fingerprint density at radius 1 is 1.39 bits per heavy atom. The van der Waals surface area contributed by atoms with E-state index in [1.807, 2.05) is 0 Å². The van der Waals surface area contributed by atoms with Crippen molar-refractivity contribution in [3.63, 3.8) is 0 Å². The number of aromatic nitrogens is 1. The van der Waals surface area contributed by atoms with Crippen LogP contribution < -0.4 is 5.73 Å². The summed E-state index contributed by atoms with van der Waals surface area (Å²) < 4.78 is 38.3. The van der Waals surface area contributed by atoms with Crippen LogP contribution in [-0.2, 0) is 12.7 Å². The summed E-state index contributed by atoms with van der Waals surface area (Å²) in [6.45, 7) is -0.390. The summed E-state index contributed by atoms with van der Waals surface area (Å²) in [5, 5.41) is 8.99. The predicted molar refractivity (Wildman–Crippen MR) is 58.2 cm³/mol. The molecule has 0 aliphatic heterocycles. The van der Waals surface area contributed by atoms with Crippen molar-refractivity contribution in [3.05, 3.63) is 35.0 Å². The van der Waals surface area contributed by atoms with Crippen LogP contribution in [0.2, 0.25) is 0 Å². The van der Waals surface area contributed by atoms with Crippen molar-refractivity contribution in [2.75, 3.05) is 0 Å². The number of carboxylic acid groups (broad SMARTS) is 1. The number of alkyl halides is 3. The molecule has 7 heteroatoms. The van der Waals surface area contributed by atoms with E-state index in [1.165, 1.54) is 18.2 Å². The van der Waals surface area contributed by atoms with Gasteiger partial charge >= 0.3 is 12.1 Å². The van der Waals surface area contributed by atoms with Crippen LogP contribution in [0.1, 0.15) is 21.6 Å². The van der Waals surface area contributed by atoms with Gasteiger partial charge < -0.3 is 15.8 Å². The number of H-pyrrole nitrogens is 1. The smallest absolute Gasteiger partial charge is 0.431 e. The number of nitrogens with one attached hydrogen (secondary N) is 1.